The number of fused-ring (bicyclic) bond motifs is 1. The Morgan fingerprint density at radius 1 is 1.42 bits per heavy atom. The van der Waals surface area contributed by atoms with Gasteiger partial charge in [0.15, 0.2) is 5.82 Å². The summed E-state index contributed by atoms with van der Waals surface area (Å²) in [5, 5.41) is 6.74. The highest BCUT2D eigenvalue weighted by Crippen LogP contribution is 2.26. The molecule has 0 fully saturated rings. The number of rotatable bonds is 6. The molecule has 1 N–H and O–H groups in total. The second-order valence-electron chi connectivity index (χ2n) is 5.72. The van der Waals surface area contributed by atoms with Crippen molar-refractivity contribution in [1.29, 1.82) is 0 Å². The molecule has 1 aliphatic rings. The largest absolute Gasteiger partial charge is 0.493 e. The second-order valence-corrected chi connectivity index (χ2v) is 5.72. The lowest BCUT2D eigenvalue weighted by atomic mass is 9.96. The van der Waals surface area contributed by atoms with Crippen LogP contribution in [0.15, 0.2) is 28.8 Å². The second kappa shape index (κ2) is 7.92. The van der Waals surface area contributed by atoms with Crippen LogP contribution in [0.25, 0.3) is 0 Å². The van der Waals surface area contributed by atoms with Gasteiger partial charge in [-0.1, -0.05) is 23.4 Å². The van der Waals surface area contributed by atoms with Gasteiger partial charge in [0, 0.05) is 26.0 Å². The van der Waals surface area contributed by atoms with E-state index >= 15 is 0 Å². The lowest BCUT2D eigenvalue weighted by molar-refractivity contribution is -0.125. The summed E-state index contributed by atoms with van der Waals surface area (Å²) in [6, 6.07) is 7.87. The summed E-state index contributed by atoms with van der Waals surface area (Å²) in [6.07, 6.45) is 1.90. The van der Waals surface area contributed by atoms with Crippen molar-refractivity contribution in [2.24, 2.45) is 5.92 Å². The molecular weight excluding hydrogens is 310 g/mol. The van der Waals surface area contributed by atoms with Gasteiger partial charge in [0.25, 0.3) is 0 Å². The van der Waals surface area contributed by atoms with Crippen LogP contribution >= 0.6 is 0 Å². The molecule has 0 spiro atoms. The molecule has 1 amide bonds. The van der Waals surface area contributed by atoms with Crippen molar-refractivity contribution >= 4 is 5.91 Å². The van der Waals surface area contributed by atoms with Crippen LogP contribution in [0.3, 0.4) is 0 Å². The van der Waals surface area contributed by atoms with E-state index < -0.39 is 0 Å². The summed E-state index contributed by atoms with van der Waals surface area (Å²) >= 11 is 0. The van der Waals surface area contributed by atoms with Crippen molar-refractivity contribution in [2.75, 3.05) is 20.3 Å². The highest BCUT2D eigenvalue weighted by molar-refractivity contribution is 5.79. The molecule has 3 rings (SSSR count). The average Bonchev–Trinajstić information content (AvgIpc) is 2.91. The highest BCUT2D eigenvalue weighted by atomic mass is 16.5. The van der Waals surface area contributed by atoms with Crippen molar-refractivity contribution in [3.8, 4) is 5.75 Å². The molecule has 0 bridgehead atoms. The number of nitrogens with one attached hydrogen (secondary N) is 1. The molecule has 7 nitrogen and oxygen atoms in total. The van der Waals surface area contributed by atoms with Crippen LogP contribution in [0.1, 0.15) is 23.7 Å². The fourth-order valence-electron chi connectivity index (χ4n) is 2.73. The van der Waals surface area contributed by atoms with Crippen LogP contribution in [-0.2, 0) is 29.0 Å². The van der Waals surface area contributed by atoms with E-state index in [4.69, 9.17) is 14.0 Å². The smallest absolute Gasteiger partial charge is 0.228 e. The Kier molecular flexibility index (Phi) is 5.43. The molecule has 1 unspecified atom stereocenters. The molecular formula is C17H21N3O4. The first-order chi connectivity index (χ1) is 11.8. The maximum absolute atomic E-state index is 12.4. The van der Waals surface area contributed by atoms with Gasteiger partial charge in [-0.15, -0.1) is 0 Å². The quantitative estimate of drug-likeness (QED) is 0.863. The first-order valence-electron chi connectivity index (χ1n) is 8.05. The number of aromatic nitrogens is 2. The number of hydrogen-bond donors (Lipinski definition) is 1. The fourth-order valence-corrected chi connectivity index (χ4v) is 2.73. The van der Waals surface area contributed by atoms with Gasteiger partial charge in [0.2, 0.25) is 11.8 Å². The molecule has 7 heteroatoms. The van der Waals surface area contributed by atoms with Crippen molar-refractivity contribution < 1.29 is 18.8 Å². The number of nitrogens with zero attached hydrogens (tertiary/aromatic N) is 2. The van der Waals surface area contributed by atoms with Crippen LogP contribution in [0.5, 0.6) is 5.75 Å². The van der Waals surface area contributed by atoms with Gasteiger partial charge in [0.1, 0.15) is 12.4 Å². The van der Waals surface area contributed by atoms with Gasteiger partial charge in [-0.2, -0.15) is 4.98 Å². The minimum atomic E-state index is -0.0830. The Morgan fingerprint density at radius 2 is 2.29 bits per heavy atom. The number of para-hydroxylation sites is 1. The summed E-state index contributed by atoms with van der Waals surface area (Å²) in [4.78, 5) is 16.6. The van der Waals surface area contributed by atoms with Gasteiger partial charge in [0.05, 0.1) is 6.61 Å². The number of carbonyl (C=O) groups is 1. The number of methoxy groups -OCH3 is 1. The summed E-state index contributed by atoms with van der Waals surface area (Å²) in [5.41, 5.74) is 1.08. The van der Waals surface area contributed by atoms with Gasteiger partial charge >= 0.3 is 0 Å². The van der Waals surface area contributed by atoms with Crippen molar-refractivity contribution in [2.45, 2.75) is 25.9 Å². The van der Waals surface area contributed by atoms with E-state index in [1.54, 1.807) is 7.11 Å². The van der Waals surface area contributed by atoms with Gasteiger partial charge < -0.3 is 19.3 Å². The van der Waals surface area contributed by atoms with Crippen LogP contribution in [-0.4, -0.2) is 36.3 Å². The standard InChI is InChI=1S/C17H21N3O4/c1-22-11-15-19-16(24-20-15)6-8-18-17(21)13-7-9-23-14-5-3-2-4-12(14)10-13/h2-5,13H,6-11H2,1H3,(H,18,21). The van der Waals surface area contributed by atoms with Crippen molar-refractivity contribution in [3.05, 3.63) is 41.5 Å². The third-order valence-electron chi connectivity index (χ3n) is 3.96. The normalized spacial score (nSPS) is 16.8. The minimum absolute atomic E-state index is 0.0342. The third kappa shape index (κ3) is 4.11. The molecule has 0 radical (unpaired) electrons. The summed E-state index contributed by atoms with van der Waals surface area (Å²) < 4.78 is 15.7. The zero-order chi connectivity index (χ0) is 16.8. The highest BCUT2D eigenvalue weighted by Gasteiger charge is 2.23. The molecule has 1 aromatic carbocycles. The summed E-state index contributed by atoms with van der Waals surface area (Å²) in [5.74, 6) is 1.84. The number of hydrogen-bond acceptors (Lipinski definition) is 6. The Morgan fingerprint density at radius 3 is 3.17 bits per heavy atom. The summed E-state index contributed by atoms with van der Waals surface area (Å²) in [7, 11) is 1.57. The lowest BCUT2D eigenvalue weighted by Gasteiger charge is -2.13. The molecule has 2 heterocycles. The molecule has 2 aromatic rings. The maximum atomic E-state index is 12.4. The molecule has 0 aliphatic carbocycles. The van der Waals surface area contributed by atoms with Gasteiger partial charge in [-0.05, 0) is 24.5 Å². The first-order valence-corrected chi connectivity index (χ1v) is 8.05. The fraction of sp³-hybridized carbons (Fsp3) is 0.471. The average molecular weight is 331 g/mol. The SMILES string of the molecule is COCc1noc(CCNC(=O)C2CCOc3ccccc3C2)n1. The van der Waals surface area contributed by atoms with Crippen molar-refractivity contribution in [3.63, 3.8) is 0 Å². The Balaban J connectivity index is 1.49. The Hall–Kier alpha value is -2.41. The molecule has 128 valence electrons. The van der Waals surface area contributed by atoms with E-state index in [0.29, 0.717) is 50.7 Å². The van der Waals surface area contributed by atoms with E-state index in [-0.39, 0.29) is 11.8 Å². The van der Waals surface area contributed by atoms with E-state index in [1.807, 2.05) is 24.3 Å². The minimum Gasteiger partial charge on any atom is -0.493 e. The Labute approximate surface area is 140 Å². The van der Waals surface area contributed by atoms with E-state index in [2.05, 4.69) is 15.5 Å². The molecule has 0 saturated heterocycles. The first kappa shape index (κ1) is 16.4. The summed E-state index contributed by atoms with van der Waals surface area (Å²) in [6.45, 7) is 1.34. The third-order valence-corrected chi connectivity index (χ3v) is 3.96. The number of amides is 1. The molecule has 1 aromatic heterocycles. The van der Waals surface area contributed by atoms with Crippen LogP contribution < -0.4 is 10.1 Å². The predicted octanol–water partition coefficient (Wildman–Crippen LogP) is 1.52. The number of ether oxygens (including phenoxy) is 2. The molecule has 1 aliphatic heterocycles. The topological polar surface area (TPSA) is 86.5 Å². The van der Waals surface area contributed by atoms with Crippen molar-refractivity contribution in [1.82, 2.24) is 15.5 Å². The van der Waals surface area contributed by atoms with E-state index in [0.717, 1.165) is 11.3 Å². The zero-order valence-corrected chi connectivity index (χ0v) is 13.7. The van der Waals surface area contributed by atoms with E-state index in [9.17, 15) is 4.79 Å². The van der Waals surface area contributed by atoms with Crippen LogP contribution in [0, 0.1) is 5.92 Å². The molecule has 24 heavy (non-hydrogen) atoms. The van der Waals surface area contributed by atoms with Crippen LogP contribution in [0.2, 0.25) is 0 Å². The van der Waals surface area contributed by atoms with Gasteiger partial charge in [-0.3, -0.25) is 4.79 Å². The Bertz CT molecular complexity index is 686. The maximum Gasteiger partial charge on any atom is 0.228 e. The number of carbonyl (C=O) groups excluding carboxylic acids is 1. The molecule has 0 saturated carbocycles. The number of benzene rings is 1. The molecule has 1 atom stereocenters. The van der Waals surface area contributed by atoms with Gasteiger partial charge in [-0.25, -0.2) is 0 Å². The predicted molar refractivity (Wildman–Crippen MR) is 85.5 cm³/mol. The lowest BCUT2D eigenvalue weighted by Crippen LogP contribution is -2.33. The zero-order valence-electron chi connectivity index (χ0n) is 13.7. The van der Waals surface area contributed by atoms with E-state index in [1.165, 1.54) is 0 Å². The van der Waals surface area contributed by atoms with Crippen LogP contribution in [0.4, 0.5) is 0 Å². The monoisotopic (exact) mass is 331 g/mol.